The molecule has 0 heterocycles. The van der Waals surface area contributed by atoms with E-state index in [0.717, 1.165) is 0 Å². The maximum atomic E-state index is 11.2. The van der Waals surface area contributed by atoms with Gasteiger partial charge in [0, 0.05) is 18.3 Å². The zero-order chi connectivity index (χ0) is 12.7. The molecule has 6 nitrogen and oxygen atoms in total. The van der Waals surface area contributed by atoms with Crippen molar-refractivity contribution < 1.29 is 19.4 Å². The third kappa shape index (κ3) is 4.87. The van der Waals surface area contributed by atoms with Crippen LogP contribution in [-0.2, 0) is 4.79 Å². The van der Waals surface area contributed by atoms with Crippen molar-refractivity contribution in [1.82, 2.24) is 5.32 Å². The minimum absolute atomic E-state index is 0.317. The molecule has 2 amide bonds. The van der Waals surface area contributed by atoms with Crippen molar-refractivity contribution in [2.75, 3.05) is 18.5 Å². The molecule has 0 unspecified atom stereocenters. The Labute approximate surface area is 98.6 Å². The molecule has 0 saturated heterocycles. The van der Waals surface area contributed by atoms with Crippen molar-refractivity contribution in [2.24, 2.45) is 0 Å². The second-order valence-corrected chi connectivity index (χ2v) is 3.19. The van der Waals surface area contributed by atoms with Crippen LogP contribution in [-0.4, -0.2) is 30.3 Å². The molecule has 6 heteroatoms. The Morgan fingerprint density at radius 1 is 1.41 bits per heavy atom. The Morgan fingerprint density at radius 3 is 2.82 bits per heavy atom. The molecule has 0 spiro atoms. The van der Waals surface area contributed by atoms with Gasteiger partial charge in [0.25, 0.3) is 0 Å². The van der Waals surface area contributed by atoms with E-state index in [2.05, 4.69) is 10.6 Å². The predicted octanol–water partition coefficient (Wildman–Crippen LogP) is 1.29. The Balaban J connectivity index is 2.59. The smallest absolute Gasteiger partial charge is 0.341 e. The van der Waals surface area contributed by atoms with Crippen LogP contribution in [0.25, 0.3) is 0 Å². The van der Waals surface area contributed by atoms with E-state index in [0.29, 0.717) is 18.0 Å². The molecule has 3 N–H and O–H groups in total. The van der Waals surface area contributed by atoms with E-state index < -0.39 is 12.6 Å². The van der Waals surface area contributed by atoms with E-state index in [4.69, 9.17) is 9.84 Å². The highest BCUT2D eigenvalue weighted by Crippen LogP contribution is 2.17. The Morgan fingerprint density at radius 2 is 2.18 bits per heavy atom. The van der Waals surface area contributed by atoms with Gasteiger partial charge in [0.2, 0.25) is 0 Å². The first-order valence-electron chi connectivity index (χ1n) is 5.11. The normalized spacial score (nSPS) is 9.47. The molecule has 0 aliphatic heterocycles. The molecule has 0 atom stereocenters. The number of carbonyl (C=O) groups excluding carboxylic acids is 1. The minimum Gasteiger partial charge on any atom is -0.482 e. The summed E-state index contributed by atoms with van der Waals surface area (Å²) in [6.07, 6.45) is 0. The van der Waals surface area contributed by atoms with Crippen LogP contribution < -0.4 is 15.4 Å². The van der Waals surface area contributed by atoms with Gasteiger partial charge in [-0.2, -0.15) is 0 Å². The second kappa shape index (κ2) is 6.37. The lowest BCUT2D eigenvalue weighted by atomic mass is 10.3. The average molecular weight is 238 g/mol. The molecule has 1 aromatic carbocycles. The summed E-state index contributed by atoms with van der Waals surface area (Å²) in [4.78, 5) is 21.5. The molecule has 17 heavy (non-hydrogen) atoms. The Bertz CT molecular complexity index is 406. The van der Waals surface area contributed by atoms with Crippen LogP contribution in [0.5, 0.6) is 5.75 Å². The number of rotatable bonds is 5. The largest absolute Gasteiger partial charge is 0.482 e. The number of hydrogen-bond acceptors (Lipinski definition) is 3. The second-order valence-electron chi connectivity index (χ2n) is 3.19. The van der Waals surface area contributed by atoms with Crippen molar-refractivity contribution in [2.45, 2.75) is 6.92 Å². The quantitative estimate of drug-likeness (QED) is 0.721. The number of aliphatic carboxylic acids is 1. The summed E-state index contributed by atoms with van der Waals surface area (Å²) in [5.41, 5.74) is 0.541. The number of amides is 2. The first kappa shape index (κ1) is 12.8. The number of carboxylic acids is 1. The molecular weight excluding hydrogens is 224 g/mol. The van der Waals surface area contributed by atoms with E-state index in [-0.39, 0.29) is 6.03 Å². The highest BCUT2D eigenvalue weighted by molar-refractivity contribution is 5.89. The fourth-order valence-electron chi connectivity index (χ4n) is 1.14. The molecule has 0 aliphatic carbocycles. The van der Waals surface area contributed by atoms with Gasteiger partial charge in [0.15, 0.2) is 6.61 Å². The van der Waals surface area contributed by atoms with Gasteiger partial charge in [-0.3, -0.25) is 0 Å². The van der Waals surface area contributed by atoms with Gasteiger partial charge in [0.1, 0.15) is 5.75 Å². The van der Waals surface area contributed by atoms with Gasteiger partial charge >= 0.3 is 12.0 Å². The first-order valence-corrected chi connectivity index (χ1v) is 5.11. The summed E-state index contributed by atoms with van der Waals surface area (Å²) in [5, 5.41) is 13.6. The summed E-state index contributed by atoms with van der Waals surface area (Å²) in [7, 11) is 0. The van der Waals surface area contributed by atoms with E-state index in [1.807, 2.05) is 6.92 Å². The van der Waals surface area contributed by atoms with Crippen LogP contribution >= 0.6 is 0 Å². The lowest BCUT2D eigenvalue weighted by Gasteiger charge is -2.08. The molecule has 1 rings (SSSR count). The van der Waals surface area contributed by atoms with Crippen molar-refractivity contribution >= 4 is 17.7 Å². The van der Waals surface area contributed by atoms with Crippen LogP contribution in [0.3, 0.4) is 0 Å². The van der Waals surface area contributed by atoms with E-state index in [1.165, 1.54) is 0 Å². The van der Waals surface area contributed by atoms with Gasteiger partial charge in [0.05, 0.1) is 0 Å². The number of carbonyl (C=O) groups is 2. The monoisotopic (exact) mass is 238 g/mol. The summed E-state index contributed by atoms with van der Waals surface area (Å²) >= 11 is 0. The zero-order valence-corrected chi connectivity index (χ0v) is 9.40. The summed E-state index contributed by atoms with van der Waals surface area (Å²) in [6, 6.07) is 6.20. The van der Waals surface area contributed by atoms with E-state index in [9.17, 15) is 9.59 Å². The zero-order valence-electron chi connectivity index (χ0n) is 9.40. The number of nitrogens with one attached hydrogen (secondary N) is 2. The minimum atomic E-state index is -1.05. The van der Waals surface area contributed by atoms with Gasteiger partial charge in [-0.1, -0.05) is 6.07 Å². The summed E-state index contributed by atoms with van der Waals surface area (Å²) in [5.74, 6) is -0.659. The molecular formula is C11H14N2O4. The molecule has 0 bridgehead atoms. The number of urea groups is 1. The SMILES string of the molecule is CCNC(=O)Nc1cccc(OCC(=O)O)c1. The highest BCUT2D eigenvalue weighted by Gasteiger charge is 2.03. The maximum Gasteiger partial charge on any atom is 0.341 e. The molecule has 92 valence electrons. The van der Waals surface area contributed by atoms with Gasteiger partial charge in [-0.25, -0.2) is 9.59 Å². The maximum absolute atomic E-state index is 11.2. The Kier molecular flexibility index (Phi) is 4.80. The Hall–Kier alpha value is -2.24. The van der Waals surface area contributed by atoms with Gasteiger partial charge < -0.3 is 20.5 Å². The highest BCUT2D eigenvalue weighted by atomic mass is 16.5. The molecule has 0 radical (unpaired) electrons. The van der Waals surface area contributed by atoms with Crippen LogP contribution in [0, 0.1) is 0 Å². The molecule has 1 aromatic rings. The molecule has 0 saturated carbocycles. The topological polar surface area (TPSA) is 87.7 Å². The fourth-order valence-corrected chi connectivity index (χ4v) is 1.14. The van der Waals surface area contributed by atoms with Gasteiger partial charge in [-0.15, -0.1) is 0 Å². The van der Waals surface area contributed by atoms with Crippen LogP contribution in [0.4, 0.5) is 10.5 Å². The summed E-state index contributed by atoms with van der Waals surface area (Å²) < 4.78 is 4.98. The first-order chi connectivity index (χ1) is 8.11. The van der Waals surface area contributed by atoms with E-state index >= 15 is 0 Å². The van der Waals surface area contributed by atoms with Crippen molar-refractivity contribution in [3.8, 4) is 5.75 Å². The third-order valence-electron chi connectivity index (χ3n) is 1.79. The molecule has 0 aliphatic rings. The number of anilines is 1. The van der Waals surface area contributed by atoms with Crippen LogP contribution in [0.2, 0.25) is 0 Å². The van der Waals surface area contributed by atoms with Crippen LogP contribution in [0.1, 0.15) is 6.92 Å². The fraction of sp³-hybridized carbons (Fsp3) is 0.273. The number of carboxylic acid groups (broad SMARTS) is 1. The lowest BCUT2D eigenvalue weighted by molar-refractivity contribution is -0.139. The van der Waals surface area contributed by atoms with Crippen molar-refractivity contribution in [3.05, 3.63) is 24.3 Å². The van der Waals surface area contributed by atoms with Crippen molar-refractivity contribution in [3.63, 3.8) is 0 Å². The van der Waals surface area contributed by atoms with Crippen LogP contribution in [0.15, 0.2) is 24.3 Å². The standard InChI is InChI=1S/C11H14N2O4/c1-2-12-11(16)13-8-4-3-5-9(6-8)17-7-10(14)15/h3-6H,2,7H2,1H3,(H,14,15)(H2,12,13,16). The lowest BCUT2D eigenvalue weighted by Crippen LogP contribution is -2.28. The number of benzene rings is 1. The molecule has 0 aromatic heterocycles. The van der Waals surface area contributed by atoms with Gasteiger partial charge in [-0.05, 0) is 19.1 Å². The average Bonchev–Trinajstić information content (AvgIpc) is 2.27. The number of hydrogen-bond donors (Lipinski definition) is 3. The summed E-state index contributed by atoms with van der Waals surface area (Å²) in [6.45, 7) is 1.93. The third-order valence-corrected chi connectivity index (χ3v) is 1.79. The predicted molar refractivity (Wildman–Crippen MR) is 62.3 cm³/mol. The number of ether oxygens (including phenoxy) is 1. The van der Waals surface area contributed by atoms with E-state index in [1.54, 1.807) is 24.3 Å². The molecule has 0 fully saturated rings. The van der Waals surface area contributed by atoms with Crippen molar-refractivity contribution in [1.29, 1.82) is 0 Å².